The second-order valence-electron chi connectivity index (χ2n) is 7.48. The Hall–Kier alpha value is -2.50. The molecule has 2 amide bonds. The first-order valence-electron chi connectivity index (χ1n) is 10.5. The standard InChI is InChI=1S/C20H20ClN7O5S4/c21-20-25-9(6-34-5-4-22)19(37-20)36-10-7-35-17-13(16(30)28(17)14(10)18(31)32)26-15(29)12(27-33)8-2-1-3-11(23)24-8/h1-3,13,17,33H,4-7,22H2,(H2,23,24)(H,26,29)(H,31,32)/b27-12-/t13-,17-/m1/s1. The highest BCUT2D eigenvalue weighted by atomic mass is 35.5. The van der Waals surface area contributed by atoms with E-state index < -0.39 is 34.9 Å². The number of nitrogens with one attached hydrogen (secondary N) is 1. The van der Waals surface area contributed by atoms with Gasteiger partial charge in [-0.3, -0.25) is 14.5 Å². The van der Waals surface area contributed by atoms with Crippen LogP contribution < -0.4 is 16.8 Å². The highest BCUT2D eigenvalue weighted by Gasteiger charge is 2.54. The van der Waals surface area contributed by atoms with E-state index in [1.807, 2.05) is 0 Å². The van der Waals surface area contributed by atoms with Gasteiger partial charge in [0.15, 0.2) is 10.2 Å². The van der Waals surface area contributed by atoms with Crippen LogP contribution in [-0.2, 0) is 20.1 Å². The number of anilines is 1. The molecule has 37 heavy (non-hydrogen) atoms. The number of aliphatic carboxylic acids is 1. The molecule has 2 aromatic heterocycles. The first-order chi connectivity index (χ1) is 17.7. The van der Waals surface area contributed by atoms with E-state index in [0.717, 1.165) is 20.6 Å². The van der Waals surface area contributed by atoms with E-state index in [-0.39, 0.29) is 23.0 Å². The number of halogens is 1. The molecule has 0 aliphatic carbocycles. The van der Waals surface area contributed by atoms with Gasteiger partial charge < -0.3 is 27.1 Å². The number of nitrogens with zero attached hydrogens (tertiary/aromatic N) is 4. The molecule has 0 saturated carbocycles. The normalized spacial score (nSPS) is 19.5. The van der Waals surface area contributed by atoms with Gasteiger partial charge in [-0.1, -0.05) is 45.9 Å². The average Bonchev–Trinajstić information content (AvgIpc) is 3.21. The van der Waals surface area contributed by atoms with Gasteiger partial charge in [-0.05, 0) is 12.1 Å². The van der Waals surface area contributed by atoms with Gasteiger partial charge in [0.1, 0.15) is 28.6 Å². The average molecular weight is 602 g/mol. The number of hydrogen-bond donors (Lipinski definition) is 5. The van der Waals surface area contributed by atoms with Crippen molar-refractivity contribution in [2.75, 3.05) is 23.8 Å². The Morgan fingerprint density at radius 1 is 1.35 bits per heavy atom. The maximum absolute atomic E-state index is 13.0. The fraction of sp³-hybridized carbons (Fsp3) is 0.300. The monoisotopic (exact) mass is 601 g/mol. The van der Waals surface area contributed by atoms with E-state index in [0.29, 0.717) is 21.7 Å². The number of carbonyl (C=O) groups excluding carboxylic acids is 2. The van der Waals surface area contributed by atoms with Crippen molar-refractivity contribution in [1.82, 2.24) is 20.2 Å². The Morgan fingerprint density at radius 3 is 2.81 bits per heavy atom. The molecule has 0 bridgehead atoms. The molecule has 0 unspecified atom stereocenters. The van der Waals surface area contributed by atoms with Gasteiger partial charge in [-0.25, -0.2) is 14.8 Å². The summed E-state index contributed by atoms with van der Waals surface area (Å²) < 4.78 is 1.09. The van der Waals surface area contributed by atoms with Crippen LogP contribution in [0.15, 0.2) is 38.2 Å². The summed E-state index contributed by atoms with van der Waals surface area (Å²) in [7, 11) is 0. The number of thiazole rings is 1. The topological polar surface area (TPSA) is 197 Å². The largest absolute Gasteiger partial charge is 0.477 e. The Morgan fingerprint density at radius 2 is 2.14 bits per heavy atom. The number of β-lactam (4-membered cyclic amide) rings is 1. The van der Waals surface area contributed by atoms with Crippen molar-refractivity contribution in [1.29, 1.82) is 0 Å². The molecule has 17 heteroatoms. The van der Waals surface area contributed by atoms with Crippen molar-refractivity contribution in [3.05, 3.63) is 44.7 Å². The highest BCUT2D eigenvalue weighted by Crippen LogP contribution is 2.47. The summed E-state index contributed by atoms with van der Waals surface area (Å²) in [5.74, 6) is -0.991. The number of carboxylic acid groups (broad SMARTS) is 1. The van der Waals surface area contributed by atoms with Crippen LogP contribution in [-0.4, -0.2) is 78.1 Å². The molecule has 0 aromatic carbocycles. The fourth-order valence-electron chi connectivity index (χ4n) is 3.52. The number of nitrogens with two attached hydrogens (primary N) is 2. The number of thioether (sulfide) groups is 3. The zero-order valence-electron chi connectivity index (χ0n) is 18.8. The third kappa shape index (κ3) is 5.83. The van der Waals surface area contributed by atoms with Gasteiger partial charge in [-0.15, -0.1) is 11.8 Å². The summed E-state index contributed by atoms with van der Waals surface area (Å²) in [4.78, 5) is 47.9. The Balaban J connectivity index is 1.52. The van der Waals surface area contributed by atoms with E-state index in [4.69, 9.17) is 23.1 Å². The lowest BCUT2D eigenvalue weighted by Crippen LogP contribution is -2.71. The molecule has 2 aliphatic rings. The molecule has 1 fully saturated rings. The first-order valence-corrected chi connectivity index (χ1v) is 14.7. The summed E-state index contributed by atoms with van der Waals surface area (Å²) in [5.41, 5.74) is 11.4. The van der Waals surface area contributed by atoms with Gasteiger partial charge in [0.2, 0.25) is 0 Å². The summed E-state index contributed by atoms with van der Waals surface area (Å²) in [5, 5.41) is 24.2. The molecule has 1 saturated heterocycles. The van der Waals surface area contributed by atoms with E-state index >= 15 is 0 Å². The molecule has 12 nitrogen and oxygen atoms in total. The molecule has 4 heterocycles. The molecule has 0 spiro atoms. The van der Waals surface area contributed by atoms with Crippen LogP contribution >= 0.6 is 58.2 Å². The van der Waals surface area contributed by atoms with Gasteiger partial charge in [0.05, 0.1) is 9.90 Å². The second-order valence-corrected chi connectivity index (χ2v) is 12.6. The van der Waals surface area contributed by atoms with Crippen molar-refractivity contribution >= 4 is 87.5 Å². The van der Waals surface area contributed by atoms with Gasteiger partial charge >= 0.3 is 5.97 Å². The minimum atomic E-state index is -1.26. The van der Waals surface area contributed by atoms with Crippen LogP contribution in [0.4, 0.5) is 5.82 Å². The predicted molar refractivity (Wildman–Crippen MR) is 145 cm³/mol. The third-order valence-electron chi connectivity index (χ3n) is 5.10. The van der Waals surface area contributed by atoms with Crippen molar-refractivity contribution in [3.63, 3.8) is 0 Å². The minimum Gasteiger partial charge on any atom is -0.477 e. The molecule has 196 valence electrons. The number of fused-ring (bicyclic) bond motifs is 1. The van der Waals surface area contributed by atoms with Gasteiger partial charge in [0.25, 0.3) is 11.8 Å². The highest BCUT2D eigenvalue weighted by molar-refractivity contribution is 8.07. The van der Waals surface area contributed by atoms with Crippen molar-refractivity contribution < 1.29 is 24.7 Å². The predicted octanol–water partition coefficient (Wildman–Crippen LogP) is 1.63. The van der Waals surface area contributed by atoms with Crippen molar-refractivity contribution in [3.8, 4) is 0 Å². The van der Waals surface area contributed by atoms with E-state index in [2.05, 4.69) is 20.4 Å². The minimum absolute atomic E-state index is 0.0216. The fourth-order valence-corrected chi connectivity index (χ4v) is 8.51. The number of aromatic nitrogens is 2. The molecule has 2 atom stereocenters. The molecular formula is C20H20ClN7O5S4. The van der Waals surface area contributed by atoms with Crippen LogP contribution in [0.25, 0.3) is 0 Å². The van der Waals surface area contributed by atoms with Crippen LogP contribution in [0.2, 0.25) is 4.47 Å². The number of carbonyl (C=O) groups is 3. The van der Waals surface area contributed by atoms with E-state index in [1.54, 1.807) is 11.8 Å². The SMILES string of the molecule is NCCSCc1nc(Cl)sc1SC1=C(C(=O)O)N2C(=O)[C@@H](NC(=O)/C(=N\O)c3cccc(N)n3)[C@H]2SC1. The lowest BCUT2D eigenvalue weighted by molar-refractivity contribution is -0.150. The van der Waals surface area contributed by atoms with Gasteiger partial charge in [-0.2, -0.15) is 11.8 Å². The van der Waals surface area contributed by atoms with Crippen molar-refractivity contribution in [2.24, 2.45) is 10.9 Å². The number of oxime groups is 1. The number of rotatable bonds is 10. The second kappa shape index (κ2) is 11.9. The van der Waals surface area contributed by atoms with Crippen LogP contribution in [0, 0.1) is 0 Å². The maximum atomic E-state index is 13.0. The van der Waals surface area contributed by atoms with Crippen LogP contribution in [0.5, 0.6) is 0 Å². The lowest BCUT2D eigenvalue weighted by Gasteiger charge is -2.49. The summed E-state index contributed by atoms with van der Waals surface area (Å²) in [6.07, 6.45) is 0. The number of nitrogen functional groups attached to an aromatic ring is 1. The zero-order chi connectivity index (χ0) is 26.7. The molecular weight excluding hydrogens is 582 g/mol. The Kier molecular flexibility index (Phi) is 8.86. The van der Waals surface area contributed by atoms with E-state index in [1.165, 1.54) is 53.1 Å². The van der Waals surface area contributed by atoms with E-state index in [9.17, 15) is 24.7 Å². The zero-order valence-corrected chi connectivity index (χ0v) is 22.8. The first kappa shape index (κ1) is 27.5. The molecule has 0 radical (unpaired) electrons. The summed E-state index contributed by atoms with van der Waals surface area (Å²) in [6.45, 7) is 0.522. The smallest absolute Gasteiger partial charge is 0.353 e. The summed E-state index contributed by atoms with van der Waals surface area (Å²) in [6, 6.07) is 3.45. The Bertz CT molecular complexity index is 1300. The number of pyridine rings is 1. The van der Waals surface area contributed by atoms with Gasteiger partial charge in [0, 0.05) is 28.7 Å². The molecule has 2 aliphatic heterocycles. The quantitative estimate of drug-likeness (QED) is 0.0868. The maximum Gasteiger partial charge on any atom is 0.353 e. The Labute approximate surface area is 232 Å². The number of carboxylic acids is 1. The molecule has 2 aromatic rings. The van der Waals surface area contributed by atoms with Crippen LogP contribution in [0.1, 0.15) is 11.4 Å². The number of hydrogen-bond acceptors (Lipinski definition) is 13. The molecule has 4 rings (SSSR count). The molecule has 7 N–H and O–H groups in total. The lowest BCUT2D eigenvalue weighted by atomic mass is 10.0. The van der Waals surface area contributed by atoms with Crippen LogP contribution in [0.3, 0.4) is 0 Å². The third-order valence-corrected chi connectivity index (χ3v) is 10.1. The van der Waals surface area contributed by atoms with Crippen molar-refractivity contribution in [2.45, 2.75) is 21.4 Å². The summed E-state index contributed by atoms with van der Waals surface area (Å²) >= 11 is 11.5. The number of amides is 2.